The van der Waals surface area contributed by atoms with E-state index in [0.29, 0.717) is 16.6 Å². The van der Waals surface area contributed by atoms with Gasteiger partial charge in [-0.25, -0.2) is 0 Å². The van der Waals surface area contributed by atoms with Crippen molar-refractivity contribution in [3.63, 3.8) is 0 Å². The van der Waals surface area contributed by atoms with Crippen molar-refractivity contribution in [2.45, 2.75) is 37.6 Å². The molecule has 0 aromatic carbocycles. The molecule has 0 unspecified atom stereocenters. The lowest BCUT2D eigenvalue weighted by Crippen LogP contribution is -2.39. The van der Waals surface area contributed by atoms with E-state index in [0.717, 1.165) is 35.8 Å². The number of ketones is 1. The van der Waals surface area contributed by atoms with Crippen LogP contribution < -0.4 is 16.4 Å². The lowest BCUT2D eigenvalue weighted by molar-refractivity contribution is 0.0944. The number of thioether (sulfide) groups is 1. The molecule has 4 N–H and O–H groups in total. The predicted octanol–water partition coefficient (Wildman–Crippen LogP) is 2.82. The van der Waals surface area contributed by atoms with Gasteiger partial charge in [-0.3, -0.25) is 4.79 Å². The monoisotopic (exact) mass is 313 g/mol. The zero-order chi connectivity index (χ0) is 14.9. The van der Waals surface area contributed by atoms with Gasteiger partial charge < -0.3 is 16.4 Å². The molecule has 1 saturated heterocycles. The van der Waals surface area contributed by atoms with Crippen LogP contribution in [-0.4, -0.2) is 31.2 Å². The molecule has 4 nitrogen and oxygen atoms in total. The fourth-order valence-corrected chi connectivity index (χ4v) is 4.69. The van der Waals surface area contributed by atoms with Crippen molar-refractivity contribution >= 4 is 39.6 Å². The summed E-state index contributed by atoms with van der Waals surface area (Å²) in [5, 5.41) is 1.14. The van der Waals surface area contributed by atoms with E-state index >= 15 is 0 Å². The van der Waals surface area contributed by atoms with Crippen LogP contribution in [0.1, 0.15) is 36.4 Å². The number of thiophene rings is 1. The number of rotatable bonds is 4. The Labute approximate surface area is 128 Å². The number of nitrogen functional groups attached to an aromatic ring is 1. The topological polar surface area (TPSA) is 72.3 Å². The molecular weight excluding hydrogens is 290 g/mol. The molecule has 20 heavy (non-hydrogen) atoms. The van der Waals surface area contributed by atoms with Gasteiger partial charge in [0.2, 0.25) is 0 Å². The number of piperidine rings is 1. The van der Waals surface area contributed by atoms with Crippen LogP contribution in [0.15, 0.2) is 4.90 Å². The molecule has 112 valence electrons. The maximum absolute atomic E-state index is 12.3. The van der Waals surface area contributed by atoms with Crippen LogP contribution in [0.3, 0.4) is 0 Å². The molecule has 1 aliphatic heterocycles. The van der Waals surface area contributed by atoms with Gasteiger partial charge in [-0.1, -0.05) is 13.8 Å². The summed E-state index contributed by atoms with van der Waals surface area (Å²) in [4.78, 5) is 16.4. The highest BCUT2D eigenvalue weighted by Gasteiger charge is 2.26. The molecular formula is C14H23N3OS2. The van der Waals surface area contributed by atoms with Crippen LogP contribution in [0.2, 0.25) is 0 Å². The smallest absolute Gasteiger partial charge is 0.177 e. The van der Waals surface area contributed by atoms with E-state index in [4.69, 9.17) is 11.5 Å². The molecule has 0 spiro atoms. The summed E-state index contributed by atoms with van der Waals surface area (Å²) in [5.74, 6) is 0.121. The minimum absolute atomic E-state index is 0.0201. The van der Waals surface area contributed by atoms with Crippen LogP contribution in [0.25, 0.3) is 0 Å². The Morgan fingerprint density at radius 2 is 2.00 bits per heavy atom. The zero-order valence-electron chi connectivity index (χ0n) is 12.3. The third kappa shape index (κ3) is 2.97. The van der Waals surface area contributed by atoms with Crippen LogP contribution >= 0.6 is 23.1 Å². The maximum Gasteiger partial charge on any atom is 0.177 e. The van der Waals surface area contributed by atoms with Gasteiger partial charge in [0.1, 0.15) is 5.00 Å². The number of anilines is 2. The normalized spacial score (nSPS) is 16.9. The Bertz CT molecular complexity index is 491. The number of hydrogen-bond acceptors (Lipinski definition) is 6. The molecule has 1 fully saturated rings. The Morgan fingerprint density at radius 1 is 1.40 bits per heavy atom. The minimum atomic E-state index is -0.0201. The van der Waals surface area contributed by atoms with E-state index in [1.54, 1.807) is 23.1 Å². The first-order valence-corrected chi connectivity index (χ1v) is 9.00. The highest BCUT2D eigenvalue weighted by atomic mass is 32.2. The number of Topliss-reactive ketones (excluding diaryl/α,β-unsaturated/α-hetero) is 1. The summed E-state index contributed by atoms with van der Waals surface area (Å²) < 4.78 is 0. The highest BCUT2D eigenvalue weighted by molar-refractivity contribution is 7.99. The second kappa shape index (κ2) is 6.37. The Morgan fingerprint density at radius 3 is 2.50 bits per heavy atom. The van der Waals surface area contributed by atoms with Gasteiger partial charge in [0.05, 0.1) is 15.5 Å². The van der Waals surface area contributed by atoms with Gasteiger partial charge in [0.25, 0.3) is 0 Å². The molecule has 0 saturated carbocycles. The predicted molar refractivity (Wildman–Crippen MR) is 89.1 cm³/mol. The quantitative estimate of drug-likeness (QED) is 0.660. The fraction of sp³-hybridized carbons (Fsp3) is 0.643. The molecule has 6 heteroatoms. The first kappa shape index (κ1) is 15.7. The van der Waals surface area contributed by atoms with E-state index in [2.05, 4.69) is 4.90 Å². The van der Waals surface area contributed by atoms with E-state index in [9.17, 15) is 4.79 Å². The summed E-state index contributed by atoms with van der Waals surface area (Å²) >= 11 is 3.17. The van der Waals surface area contributed by atoms with Gasteiger partial charge >= 0.3 is 0 Å². The number of nitrogens with two attached hydrogens (primary N) is 2. The van der Waals surface area contributed by atoms with Crippen LogP contribution in [-0.2, 0) is 0 Å². The Balaban J connectivity index is 2.33. The summed E-state index contributed by atoms with van der Waals surface area (Å²) in [6.07, 6.45) is 4.01. The average Bonchev–Trinajstić information content (AvgIpc) is 2.75. The van der Waals surface area contributed by atoms with Crippen molar-refractivity contribution in [3.8, 4) is 0 Å². The molecule has 0 aliphatic carbocycles. The molecule has 0 radical (unpaired) electrons. The van der Waals surface area contributed by atoms with Crippen molar-refractivity contribution < 1.29 is 4.79 Å². The summed E-state index contributed by atoms with van der Waals surface area (Å²) in [6, 6.07) is 0.304. The molecule has 0 bridgehead atoms. The van der Waals surface area contributed by atoms with E-state index in [-0.39, 0.29) is 11.7 Å². The minimum Gasteiger partial charge on any atom is -0.396 e. The Hall–Kier alpha value is -0.720. The first-order valence-electron chi connectivity index (χ1n) is 6.96. The average molecular weight is 313 g/mol. The largest absolute Gasteiger partial charge is 0.396 e. The van der Waals surface area contributed by atoms with Gasteiger partial charge in [-0.2, -0.15) is 0 Å². The molecule has 1 aromatic rings. The first-order chi connectivity index (χ1) is 9.45. The molecule has 2 heterocycles. The van der Waals surface area contributed by atoms with E-state index in [1.807, 2.05) is 20.1 Å². The summed E-state index contributed by atoms with van der Waals surface area (Å²) in [6.45, 7) is 5.73. The highest BCUT2D eigenvalue weighted by Crippen LogP contribution is 2.45. The fourth-order valence-electron chi connectivity index (χ4n) is 2.37. The lowest BCUT2D eigenvalue weighted by atomic mass is 10.1. The van der Waals surface area contributed by atoms with Gasteiger partial charge in [0.15, 0.2) is 5.78 Å². The van der Waals surface area contributed by atoms with Gasteiger partial charge in [-0.05, 0) is 19.1 Å². The van der Waals surface area contributed by atoms with Crippen molar-refractivity contribution in [2.24, 2.45) is 11.7 Å². The Kier molecular flexibility index (Phi) is 4.99. The summed E-state index contributed by atoms with van der Waals surface area (Å²) in [7, 11) is 0. The summed E-state index contributed by atoms with van der Waals surface area (Å²) in [5.41, 5.74) is 12.8. The van der Waals surface area contributed by atoms with E-state index < -0.39 is 0 Å². The van der Waals surface area contributed by atoms with Gasteiger partial charge in [-0.15, -0.1) is 23.1 Å². The number of hydrogen-bond donors (Lipinski definition) is 2. The second-order valence-corrected chi connectivity index (χ2v) is 7.34. The molecule has 0 atom stereocenters. The third-order valence-electron chi connectivity index (χ3n) is 3.66. The van der Waals surface area contributed by atoms with Crippen molar-refractivity contribution in [1.82, 2.24) is 0 Å². The third-order valence-corrected chi connectivity index (χ3v) is 5.89. The second-order valence-electron chi connectivity index (χ2n) is 5.53. The van der Waals surface area contributed by atoms with E-state index in [1.165, 1.54) is 0 Å². The molecule has 1 aromatic heterocycles. The van der Waals surface area contributed by atoms with Crippen molar-refractivity contribution in [2.75, 3.05) is 30.0 Å². The van der Waals surface area contributed by atoms with Crippen LogP contribution in [0.5, 0.6) is 0 Å². The maximum atomic E-state index is 12.3. The molecule has 0 amide bonds. The van der Waals surface area contributed by atoms with Crippen molar-refractivity contribution in [1.29, 1.82) is 0 Å². The number of carbonyl (C=O) groups is 1. The SMILES string of the molecule is CSc1c(N2CCC(N)CC2)sc(C(=O)C(C)C)c1N. The molecule has 1 aliphatic rings. The number of carbonyl (C=O) groups excluding carboxylic acids is 1. The van der Waals surface area contributed by atoms with Crippen molar-refractivity contribution in [3.05, 3.63) is 4.88 Å². The lowest BCUT2D eigenvalue weighted by Gasteiger charge is -2.31. The van der Waals surface area contributed by atoms with Crippen LogP contribution in [0, 0.1) is 5.92 Å². The van der Waals surface area contributed by atoms with Gasteiger partial charge in [0, 0.05) is 25.0 Å². The standard InChI is InChI=1S/C14H23N3OS2/c1-8(2)11(18)12-10(16)13(19-3)14(20-12)17-6-4-9(15)5-7-17/h8-9H,4-7,15-16H2,1-3H3. The molecule has 2 rings (SSSR count). The van der Waals surface area contributed by atoms with Crippen LogP contribution in [0.4, 0.5) is 10.7 Å². The number of nitrogens with zero attached hydrogens (tertiary/aromatic N) is 1. The zero-order valence-corrected chi connectivity index (χ0v) is 13.9.